The Hall–Kier alpha value is -4.52. The van der Waals surface area contributed by atoms with Crippen molar-refractivity contribution in [3.05, 3.63) is 60.6 Å². The van der Waals surface area contributed by atoms with Gasteiger partial charge in [-0.1, -0.05) is 24.3 Å². The summed E-state index contributed by atoms with van der Waals surface area (Å²) in [5.74, 6) is -0.399. The van der Waals surface area contributed by atoms with E-state index in [1.807, 2.05) is 24.3 Å². The topological polar surface area (TPSA) is 147 Å². The maximum atomic E-state index is 13.1. The molecule has 0 spiro atoms. The van der Waals surface area contributed by atoms with Crippen LogP contribution in [0.25, 0.3) is 11.1 Å². The van der Waals surface area contributed by atoms with Crippen molar-refractivity contribution >= 4 is 29.2 Å². The van der Waals surface area contributed by atoms with E-state index in [0.717, 1.165) is 29.5 Å². The van der Waals surface area contributed by atoms with Gasteiger partial charge in [0.05, 0.1) is 18.7 Å². The molecule has 0 unspecified atom stereocenters. The Balaban J connectivity index is 1.25. The number of primary amides is 1. The highest BCUT2D eigenvalue weighted by molar-refractivity contribution is 6.02. The fourth-order valence-corrected chi connectivity index (χ4v) is 4.78. The molecule has 3 N–H and O–H groups in total. The van der Waals surface area contributed by atoms with E-state index in [4.69, 9.17) is 5.73 Å². The van der Waals surface area contributed by atoms with E-state index in [9.17, 15) is 19.6 Å². The fourth-order valence-electron chi connectivity index (χ4n) is 4.78. The number of aromatic nitrogens is 3. The van der Waals surface area contributed by atoms with Gasteiger partial charge in [0.1, 0.15) is 17.8 Å². The molecule has 0 radical (unpaired) electrons. The summed E-state index contributed by atoms with van der Waals surface area (Å²) >= 11 is 0. The summed E-state index contributed by atoms with van der Waals surface area (Å²) in [6, 6.07) is 13.2. The summed E-state index contributed by atoms with van der Waals surface area (Å²) in [7, 11) is 0. The van der Waals surface area contributed by atoms with Gasteiger partial charge in [0.2, 0.25) is 17.7 Å². The van der Waals surface area contributed by atoms with Crippen molar-refractivity contribution < 1.29 is 14.4 Å². The van der Waals surface area contributed by atoms with E-state index < -0.39 is 11.3 Å². The van der Waals surface area contributed by atoms with Crippen LogP contribution < -0.4 is 16.0 Å². The minimum Gasteiger partial charge on any atom is -0.368 e. The van der Waals surface area contributed by atoms with Gasteiger partial charge in [0.25, 0.3) is 0 Å². The van der Waals surface area contributed by atoms with Crippen molar-refractivity contribution in [1.82, 2.24) is 14.8 Å². The average Bonchev–Trinajstić information content (AvgIpc) is 3.51. The second-order valence-corrected chi connectivity index (χ2v) is 9.28. The Morgan fingerprint density at radius 2 is 2.06 bits per heavy atom. The Morgan fingerprint density at radius 1 is 1.22 bits per heavy atom. The average molecular weight is 484 g/mol. The molecule has 10 heteroatoms. The first kappa shape index (κ1) is 23.2. The van der Waals surface area contributed by atoms with Crippen molar-refractivity contribution in [3.8, 4) is 17.2 Å². The number of nitrogens with two attached hydrogens (primary N) is 1. The van der Waals surface area contributed by atoms with Gasteiger partial charge in [-0.2, -0.15) is 10.4 Å². The monoisotopic (exact) mass is 483 g/mol. The van der Waals surface area contributed by atoms with Crippen molar-refractivity contribution in [2.75, 3.05) is 16.8 Å². The number of anilines is 2. The number of hydrogen-bond donors (Lipinski definition) is 2. The van der Waals surface area contributed by atoms with Gasteiger partial charge in [0, 0.05) is 36.3 Å². The first-order valence-electron chi connectivity index (χ1n) is 11.8. The summed E-state index contributed by atoms with van der Waals surface area (Å²) < 4.78 is 1.46. The predicted octanol–water partition coefficient (Wildman–Crippen LogP) is 2.27. The zero-order valence-corrected chi connectivity index (χ0v) is 19.6. The number of amides is 3. The van der Waals surface area contributed by atoms with Crippen LogP contribution in [0.5, 0.6) is 0 Å². The molecule has 2 aromatic heterocycles. The molecule has 1 aliphatic carbocycles. The Morgan fingerprint density at radius 3 is 2.81 bits per heavy atom. The molecule has 3 aromatic rings. The lowest BCUT2D eigenvalue weighted by Gasteiger charge is -2.21. The van der Waals surface area contributed by atoms with Crippen LogP contribution in [0.2, 0.25) is 0 Å². The first-order valence-corrected chi connectivity index (χ1v) is 11.8. The molecule has 36 heavy (non-hydrogen) atoms. The highest BCUT2D eigenvalue weighted by Gasteiger charge is 2.56. The van der Waals surface area contributed by atoms with E-state index in [2.05, 4.69) is 21.5 Å². The SMILES string of the molecule is N#C[C@@]1(C2CC2)CCN(c2ccnc(NC(=O)Cc3cccc(-c4cnn(CC(N)=O)c4)c3)c2)C1=O. The van der Waals surface area contributed by atoms with Crippen LogP contribution in [0.15, 0.2) is 55.0 Å². The van der Waals surface area contributed by atoms with Gasteiger partial charge >= 0.3 is 0 Å². The van der Waals surface area contributed by atoms with Gasteiger partial charge in [0.15, 0.2) is 0 Å². The number of carbonyl (C=O) groups excluding carboxylic acids is 3. The van der Waals surface area contributed by atoms with Crippen LogP contribution in [-0.2, 0) is 27.3 Å². The van der Waals surface area contributed by atoms with E-state index in [1.165, 1.54) is 4.68 Å². The molecular weight excluding hydrogens is 458 g/mol. The third kappa shape index (κ3) is 4.55. The molecule has 2 aliphatic rings. The zero-order chi connectivity index (χ0) is 25.3. The molecule has 182 valence electrons. The molecule has 1 aliphatic heterocycles. The lowest BCUT2D eigenvalue weighted by atomic mass is 9.83. The molecule has 1 atom stereocenters. The zero-order valence-electron chi connectivity index (χ0n) is 19.6. The highest BCUT2D eigenvalue weighted by Crippen LogP contribution is 2.51. The van der Waals surface area contributed by atoms with Crippen LogP contribution in [0.3, 0.4) is 0 Å². The quantitative estimate of drug-likeness (QED) is 0.502. The minimum absolute atomic E-state index is 0.00470. The molecule has 3 heterocycles. The third-order valence-corrected chi connectivity index (χ3v) is 6.73. The van der Waals surface area contributed by atoms with Crippen LogP contribution >= 0.6 is 0 Å². The molecular formula is C26H25N7O3. The second kappa shape index (κ2) is 9.26. The minimum atomic E-state index is -0.923. The first-order chi connectivity index (χ1) is 17.4. The molecule has 2 fully saturated rings. The number of hydrogen-bond acceptors (Lipinski definition) is 6. The van der Waals surface area contributed by atoms with Gasteiger partial charge in [-0.3, -0.25) is 19.1 Å². The maximum absolute atomic E-state index is 13.1. The number of nitriles is 1. The van der Waals surface area contributed by atoms with Gasteiger partial charge in [-0.05, 0) is 42.4 Å². The van der Waals surface area contributed by atoms with Crippen LogP contribution in [0.1, 0.15) is 24.8 Å². The third-order valence-electron chi connectivity index (χ3n) is 6.73. The number of carbonyl (C=O) groups is 3. The highest BCUT2D eigenvalue weighted by atomic mass is 16.2. The van der Waals surface area contributed by atoms with Crippen LogP contribution in [0.4, 0.5) is 11.5 Å². The molecule has 1 saturated carbocycles. The molecule has 1 aromatic carbocycles. The van der Waals surface area contributed by atoms with Crippen molar-refractivity contribution in [1.29, 1.82) is 5.26 Å². The van der Waals surface area contributed by atoms with Crippen molar-refractivity contribution in [2.45, 2.75) is 32.2 Å². The van der Waals surface area contributed by atoms with Crippen molar-refractivity contribution in [2.24, 2.45) is 17.1 Å². The molecule has 10 nitrogen and oxygen atoms in total. The van der Waals surface area contributed by atoms with Crippen molar-refractivity contribution in [3.63, 3.8) is 0 Å². The number of rotatable bonds is 8. The lowest BCUT2D eigenvalue weighted by Crippen LogP contribution is -2.35. The lowest BCUT2D eigenvalue weighted by molar-refractivity contribution is -0.124. The standard InChI is InChI=1S/C26H25N7O3/c27-16-26(20-4-5-20)7-9-33(25(26)36)21-6-8-29-23(12-21)31-24(35)11-17-2-1-3-18(10-17)19-13-30-32(14-19)15-22(28)34/h1-3,6,8,10,12-14,20H,4-5,7,9,11,15H2,(H2,28,34)(H,29,31,35)/t26-/m1/s1. The molecule has 1 saturated heterocycles. The van der Waals surface area contributed by atoms with Gasteiger partial charge in [-0.25, -0.2) is 4.98 Å². The number of pyridine rings is 1. The summed E-state index contributed by atoms with van der Waals surface area (Å²) in [4.78, 5) is 42.8. The maximum Gasteiger partial charge on any atom is 0.247 e. The van der Waals surface area contributed by atoms with Crippen LogP contribution in [0, 0.1) is 22.7 Å². The fraction of sp³-hybridized carbons (Fsp3) is 0.308. The second-order valence-electron chi connectivity index (χ2n) is 9.28. The predicted molar refractivity (Wildman–Crippen MR) is 131 cm³/mol. The summed E-state index contributed by atoms with van der Waals surface area (Å²) in [6.07, 6.45) is 7.39. The largest absolute Gasteiger partial charge is 0.368 e. The Labute approximate surface area is 207 Å². The molecule has 5 rings (SSSR count). The summed E-state index contributed by atoms with van der Waals surface area (Å²) in [5.41, 5.74) is 7.38. The number of benzene rings is 1. The Bertz CT molecular complexity index is 1390. The van der Waals surface area contributed by atoms with Gasteiger partial charge in [-0.15, -0.1) is 0 Å². The van der Waals surface area contributed by atoms with Crippen LogP contribution in [-0.4, -0.2) is 39.0 Å². The van der Waals surface area contributed by atoms with E-state index >= 15 is 0 Å². The molecule has 0 bridgehead atoms. The smallest absolute Gasteiger partial charge is 0.247 e. The van der Waals surface area contributed by atoms with E-state index in [1.54, 1.807) is 35.6 Å². The summed E-state index contributed by atoms with van der Waals surface area (Å²) in [5, 5.41) is 16.7. The molecule has 3 amide bonds. The van der Waals surface area contributed by atoms with E-state index in [0.29, 0.717) is 24.5 Å². The normalized spacial score (nSPS) is 19.2. The number of nitrogens with zero attached hydrogens (tertiary/aromatic N) is 5. The van der Waals surface area contributed by atoms with Gasteiger partial charge < -0.3 is 16.0 Å². The summed E-state index contributed by atoms with van der Waals surface area (Å²) in [6.45, 7) is 0.471. The number of nitrogens with one attached hydrogen (secondary N) is 1. The van der Waals surface area contributed by atoms with E-state index in [-0.39, 0.29) is 30.7 Å². The Kier molecular flexibility index (Phi) is 5.98.